The molecule has 0 unspecified atom stereocenters. The van der Waals surface area contributed by atoms with Gasteiger partial charge in [0.25, 0.3) is 15.7 Å². The van der Waals surface area contributed by atoms with Gasteiger partial charge in [-0.1, -0.05) is 31.4 Å². The van der Waals surface area contributed by atoms with Crippen molar-refractivity contribution in [3.63, 3.8) is 0 Å². The zero-order valence-corrected chi connectivity index (χ0v) is 14.9. The number of rotatable bonds is 5. The molecule has 2 aromatic carbocycles. The van der Waals surface area contributed by atoms with Crippen LogP contribution in [-0.2, 0) is 10.0 Å². The van der Waals surface area contributed by atoms with Crippen molar-refractivity contribution in [2.45, 2.75) is 42.9 Å². The number of nitro benzene ring substituents is 1. The number of nitrogens with zero attached hydrogens (tertiary/aromatic N) is 1. The first-order chi connectivity index (χ1) is 12.4. The third kappa shape index (κ3) is 3.96. The SMILES string of the molecule is O=[N+]([O-])c1ccc(O)c(NS(=O)(=O)c2ccc(C3CCCCC3)cc2)c1. The molecule has 7 nitrogen and oxygen atoms in total. The number of non-ortho nitro benzene ring substituents is 1. The minimum atomic E-state index is -3.96. The van der Waals surface area contributed by atoms with Gasteiger partial charge in [0, 0.05) is 12.1 Å². The Hall–Kier alpha value is -2.61. The van der Waals surface area contributed by atoms with Crippen molar-refractivity contribution < 1.29 is 18.4 Å². The quantitative estimate of drug-likeness (QED) is 0.463. The zero-order chi connectivity index (χ0) is 18.7. The second-order valence-electron chi connectivity index (χ2n) is 6.47. The number of nitro groups is 1. The molecule has 0 atom stereocenters. The molecule has 138 valence electrons. The molecule has 1 fully saturated rings. The molecule has 1 saturated carbocycles. The fraction of sp³-hybridized carbons (Fsp3) is 0.333. The van der Waals surface area contributed by atoms with E-state index in [1.165, 1.54) is 31.4 Å². The van der Waals surface area contributed by atoms with Gasteiger partial charge in [0.2, 0.25) is 0 Å². The molecular formula is C18H20N2O5S. The molecule has 1 aliphatic carbocycles. The highest BCUT2D eigenvalue weighted by atomic mass is 32.2. The minimum absolute atomic E-state index is 0.0444. The zero-order valence-electron chi connectivity index (χ0n) is 14.1. The second kappa shape index (κ2) is 7.33. The van der Waals surface area contributed by atoms with Crippen LogP contribution in [0.2, 0.25) is 0 Å². The normalized spacial score (nSPS) is 15.5. The molecule has 0 saturated heterocycles. The molecule has 0 amide bonds. The fourth-order valence-corrected chi connectivity index (χ4v) is 4.34. The van der Waals surface area contributed by atoms with E-state index >= 15 is 0 Å². The molecule has 0 spiro atoms. The molecular weight excluding hydrogens is 356 g/mol. The van der Waals surface area contributed by atoms with E-state index in [0.717, 1.165) is 36.6 Å². The fourth-order valence-electron chi connectivity index (χ4n) is 3.28. The summed E-state index contributed by atoms with van der Waals surface area (Å²) in [6, 6.07) is 9.87. The van der Waals surface area contributed by atoms with Gasteiger partial charge in [-0.3, -0.25) is 14.8 Å². The first-order valence-electron chi connectivity index (χ1n) is 8.47. The average Bonchev–Trinajstić information content (AvgIpc) is 2.64. The van der Waals surface area contributed by atoms with Gasteiger partial charge >= 0.3 is 0 Å². The van der Waals surface area contributed by atoms with Crippen molar-refractivity contribution in [2.75, 3.05) is 4.72 Å². The van der Waals surface area contributed by atoms with Crippen molar-refractivity contribution in [3.8, 4) is 5.75 Å². The predicted molar refractivity (Wildman–Crippen MR) is 97.8 cm³/mol. The topological polar surface area (TPSA) is 110 Å². The Balaban J connectivity index is 1.82. The summed E-state index contributed by atoms with van der Waals surface area (Å²) >= 11 is 0. The van der Waals surface area contributed by atoms with Gasteiger partial charge in [-0.2, -0.15) is 0 Å². The van der Waals surface area contributed by atoms with E-state index in [1.54, 1.807) is 0 Å². The molecule has 3 rings (SSSR count). The second-order valence-corrected chi connectivity index (χ2v) is 8.15. The molecule has 8 heteroatoms. The van der Waals surface area contributed by atoms with Crippen LogP contribution in [-0.4, -0.2) is 18.4 Å². The van der Waals surface area contributed by atoms with Crippen LogP contribution < -0.4 is 4.72 Å². The Bertz CT molecular complexity index is 904. The Morgan fingerprint density at radius 2 is 1.69 bits per heavy atom. The van der Waals surface area contributed by atoms with Crippen LogP contribution >= 0.6 is 0 Å². The molecule has 0 radical (unpaired) electrons. The average molecular weight is 376 g/mol. The van der Waals surface area contributed by atoms with E-state index in [4.69, 9.17) is 0 Å². The van der Waals surface area contributed by atoms with Gasteiger partial charge in [0.1, 0.15) is 5.75 Å². The molecule has 1 aliphatic rings. The maximum Gasteiger partial charge on any atom is 0.271 e. The van der Waals surface area contributed by atoms with Crippen molar-refractivity contribution in [2.24, 2.45) is 0 Å². The Morgan fingerprint density at radius 3 is 2.31 bits per heavy atom. The van der Waals surface area contributed by atoms with Crippen LogP contribution in [0.5, 0.6) is 5.75 Å². The summed E-state index contributed by atoms with van der Waals surface area (Å²) in [7, 11) is -3.96. The monoisotopic (exact) mass is 376 g/mol. The highest BCUT2D eigenvalue weighted by Crippen LogP contribution is 2.34. The third-order valence-corrected chi connectivity index (χ3v) is 6.08. The van der Waals surface area contributed by atoms with E-state index in [-0.39, 0.29) is 22.0 Å². The number of hydrogen-bond acceptors (Lipinski definition) is 5. The Morgan fingerprint density at radius 1 is 1.04 bits per heavy atom. The van der Waals surface area contributed by atoms with Gasteiger partial charge in [-0.05, 0) is 42.5 Å². The highest BCUT2D eigenvalue weighted by Gasteiger charge is 2.20. The lowest BCUT2D eigenvalue weighted by Gasteiger charge is -2.22. The van der Waals surface area contributed by atoms with Crippen molar-refractivity contribution in [1.82, 2.24) is 0 Å². The van der Waals surface area contributed by atoms with Gasteiger partial charge in [-0.25, -0.2) is 8.42 Å². The van der Waals surface area contributed by atoms with Crippen molar-refractivity contribution >= 4 is 21.4 Å². The summed E-state index contributed by atoms with van der Waals surface area (Å²) in [4.78, 5) is 10.2. The van der Waals surface area contributed by atoms with Crippen molar-refractivity contribution in [1.29, 1.82) is 0 Å². The molecule has 26 heavy (non-hydrogen) atoms. The smallest absolute Gasteiger partial charge is 0.271 e. The number of sulfonamides is 1. The molecule has 0 heterocycles. The van der Waals surface area contributed by atoms with E-state index in [1.807, 2.05) is 12.1 Å². The number of aromatic hydroxyl groups is 1. The van der Waals surface area contributed by atoms with Crippen molar-refractivity contribution in [3.05, 3.63) is 58.1 Å². The summed E-state index contributed by atoms with van der Waals surface area (Å²) in [5.41, 5.74) is 0.588. The summed E-state index contributed by atoms with van der Waals surface area (Å²) in [5, 5.41) is 20.6. The van der Waals surface area contributed by atoms with E-state index < -0.39 is 14.9 Å². The number of benzene rings is 2. The lowest BCUT2D eigenvalue weighted by Crippen LogP contribution is -2.13. The van der Waals surface area contributed by atoms with E-state index in [9.17, 15) is 23.6 Å². The van der Waals surface area contributed by atoms with Crippen LogP contribution in [0.3, 0.4) is 0 Å². The van der Waals surface area contributed by atoms with Gasteiger partial charge in [0.15, 0.2) is 0 Å². The third-order valence-electron chi connectivity index (χ3n) is 4.70. The van der Waals surface area contributed by atoms with Crippen LogP contribution in [0.1, 0.15) is 43.6 Å². The highest BCUT2D eigenvalue weighted by molar-refractivity contribution is 7.92. The minimum Gasteiger partial charge on any atom is -0.506 e. The summed E-state index contributed by atoms with van der Waals surface area (Å²) in [6.07, 6.45) is 5.87. The Kier molecular flexibility index (Phi) is 5.13. The molecule has 0 aromatic heterocycles. The molecule has 2 N–H and O–H groups in total. The predicted octanol–water partition coefficient (Wildman–Crippen LogP) is 4.15. The first kappa shape index (κ1) is 18.2. The largest absolute Gasteiger partial charge is 0.506 e. The first-order valence-corrected chi connectivity index (χ1v) is 9.95. The van der Waals surface area contributed by atoms with Gasteiger partial charge < -0.3 is 5.11 Å². The number of nitrogens with one attached hydrogen (secondary N) is 1. The van der Waals surface area contributed by atoms with Crippen LogP contribution in [0.15, 0.2) is 47.4 Å². The maximum atomic E-state index is 12.5. The number of hydrogen-bond donors (Lipinski definition) is 2. The number of anilines is 1. The van der Waals surface area contributed by atoms with Gasteiger partial charge in [-0.15, -0.1) is 0 Å². The summed E-state index contributed by atoms with van der Waals surface area (Å²) < 4.78 is 27.3. The summed E-state index contributed by atoms with van der Waals surface area (Å²) in [6.45, 7) is 0. The van der Waals surface area contributed by atoms with E-state index in [0.29, 0.717) is 5.92 Å². The molecule has 0 bridgehead atoms. The van der Waals surface area contributed by atoms with Gasteiger partial charge in [0.05, 0.1) is 15.5 Å². The lowest BCUT2D eigenvalue weighted by molar-refractivity contribution is -0.384. The van der Waals surface area contributed by atoms with E-state index in [2.05, 4.69) is 4.72 Å². The number of phenols is 1. The lowest BCUT2D eigenvalue weighted by atomic mass is 9.84. The molecule has 2 aromatic rings. The molecule has 0 aliphatic heterocycles. The van der Waals surface area contributed by atoms with Crippen LogP contribution in [0.25, 0.3) is 0 Å². The van der Waals surface area contributed by atoms with Crippen LogP contribution in [0.4, 0.5) is 11.4 Å². The maximum absolute atomic E-state index is 12.5. The van der Waals surface area contributed by atoms with Crippen LogP contribution in [0, 0.1) is 10.1 Å². The summed E-state index contributed by atoms with van der Waals surface area (Å²) in [5.74, 6) is 0.0901. The number of phenolic OH excluding ortho intramolecular Hbond substituents is 1. The Labute approximate surface area is 151 Å². The standard InChI is InChI=1S/C18H20N2O5S/c21-18-11-8-15(20(22)23)12-17(18)19-26(24,25)16-9-6-14(7-10-16)13-4-2-1-3-5-13/h6-13,19,21H,1-5H2.